The molecule has 366 valence electrons. The van der Waals surface area contributed by atoms with Gasteiger partial charge in [-0.2, -0.15) is 0 Å². The fourth-order valence-corrected chi connectivity index (χ4v) is 7.57. The van der Waals surface area contributed by atoms with E-state index in [-0.39, 0.29) is 44.7 Å². The van der Waals surface area contributed by atoms with E-state index in [1.807, 2.05) is 33.3 Å². The van der Waals surface area contributed by atoms with Crippen molar-refractivity contribution in [2.24, 2.45) is 0 Å². The predicted octanol–water partition coefficient (Wildman–Crippen LogP) is 13.6. The maximum absolute atomic E-state index is 12.7. The third-order valence-electron chi connectivity index (χ3n) is 10.8. The summed E-state index contributed by atoms with van der Waals surface area (Å²) in [6, 6.07) is 0. The number of unbranched alkanes of at least 4 members (excludes halogenated alkanes) is 23. The molecule has 10 nitrogen and oxygen atoms in total. The second kappa shape index (κ2) is 43.5. The van der Waals surface area contributed by atoms with Gasteiger partial charge >= 0.3 is 11.9 Å². The molecule has 0 aromatic rings. The highest BCUT2D eigenvalue weighted by molar-refractivity contribution is 7.45. The van der Waals surface area contributed by atoms with E-state index >= 15 is 0 Å². The molecule has 0 radical (unpaired) electrons. The van der Waals surface area contributed by atoms with Crippen LogP contribution in [0.25, 0.3) is 0 Å². The Bertz CT molecular complexity index is 1270. The van der Waals surface area contributed by atoms with E-state index in [0.717, 1.165) is 38.5 Å². The molecule has 0 rings (SSSR count). The molecular formula is C52H94NO9P. The molecule has 2 atom stereocenters. The van der Waals surface area contributed by atoms with Gasteiger partial charge in [-0.1, -0.05) is 198 Å². The van der Waals surface area contributed by atoms with Crippen molar-refractivity contribution in [3.63, 3.8) is 0 Å². The molecule has 0 aliphatic rings. The third kappa shape index (κ3) is 47.4. The van der Waals surface area contributed by atoms with Crippen LogP contribution >= 0.6 is 7.82 Å². The summed E-state index contributed by atoms with van der Waals surface area (Å²) in [5.74, 6) is -1.19. The lowest BCUT2D eigenvalue weighted by molar-refractivity contribution is -0.870. The molecule has 11 heteroatoms. The zero-order valence-corrected chi connectivity index (χ0v) is 41.9. The van der Waals surface area contributed by atoms with E-state index in [0.29, 0.717) is 17.4 Å². The Kier molecular flexibility index (Phi) is 41.9. The summed E-state index contributed by atoms with van der Waals surface area (Å²) in [4.78, 5) is 49.9. The van der Waals surface area contributed by atoms with Crippen LogP contribution in [0.1, 0.15) is 213 Å². The fraction of sp³-hybridized carbons (Fsp3) is 0.788. The Morgan fingerprint density at radius 1 is 0.540 bits per heavy atom. The minimum Gasteiger partial charge on any atom is -0.756 e. The number of nitrogens with zero attached hydrogens (tertiary/aromatic N) is 1. The average molecular weight is 908 g/mol. The Morgan fingerprint density at radius 3 is 1.56 bits per heavy atom. The van der Waals surface area contributed by atoms with E-state index in [1.54, 1.807) is 6.08 Å². The summed E-state index contributed by atoms with van der Waals surface area (Å²) in [6.45, 7) is 3.95. The lowest BCUT2D eigenvalue weighted by Gasteiger charge is -2.28. The molecular weight excluding hydrogens is 814 g/mol. The van der Waals surface area contributed by atoms with Crippen LogP contribution < -0.4 is 4.89 Å². The zero-order valence-electron chi connectivity index (χ0n) is 41.0. The van der Waals surface area contributed by atoms with Crippen molar-refractivity contribution in [2.45, 2.75) is 219 Å². The highest BCUT2D eigenvalue weighted by Gasteiger charge is 2.22. The molecule has 0 saturated heterocycles. The van der Waals surface area contributed by atoms with Gasteiger partial charge in [0, 0.05) is 19.3 Å². The lowest BCUT2D eigenvalue weighted by atomic mass is 10.0. The number of likely N-dealkylation sites (N-methyl/N-ethyl adjacent to an activating group) is 1. The number of esters is 2. The maximum atomic E-state index is 12.7. The number of phosphoric acid groups is 1. The summed E-state index contributed by atoms with van der Waals surface area (Å²) in [5, 5.41) is 0. The Hall–Kier alpha value is -2.36. The van der Waals surface area contributed by atoms with Gasteiger partial charge in [0.2, 0.25) is 0 Å². The van der Waals surface area contributed by atoms with Crippen molar-refractivity contribution in [2.75, 3.05) is 47.5 Å². The van der Waals surface area contributed by atoms with Crippen molar-refractivity contribution >= 4 is 25.5 Å². The van der Waals surface area contributed by atoms with Gasteiger partial charge < -0.3 is 27.9 Å². The molecule has 0 aromatic carbocycles. The molecule has 0 amide bonds. The van der Waals surface area contributed by atoms with Crippen LogP contribution in [0.15, 0.2) is 48.6 Å². The maximum Gasteiger partial charge on any atom is 0.306 e. The number of hydrogen-bond acceptors (Lipinski definition) is 9. The smallest absolute Gasteiger partial charge is 0.306 e. The molecule has 0 aromatic heterocycles. The average Bonchev–Trinajstić information content (AvgIpc) is 3.23. The Labute approximate surface area is 386 Å². The number of carbonyl (C=O) groups is 3. The topological polar surface area (TPSA) is 128 Å². The van der Waals surface area contributed by atoms with E-state index in [9.17, 15) is 23.8 Å². The van der Waals surface area contributed by atoms with Gasteiger partial charge in [0.1, 0.15) is 19.8 Å². The van der Waals surface area contributed by atoms with Crippen LogP contribution in [0.4, 0.5) is 0 Å². The van der Waals surface area contributed by atoms with Gasteiger partial charge in [-0.25, -0.2) is 0 Å². The number of rotatable bonds is 46. The van der Waals surface area contributed by atoms with Gasteiger partial charge in [0.05, 0.1) is 27.7 Å². The number of ether oxygens (including phenoxy) is 2. The van der Waals surface area contributed by atoms with Gasteiger partial charge in [0.15, 0.2) is 11.9 Å². The molecule has 0 spiro atoms. The molecule has 0 saturated carbocycles. The van der Waals surface area contributed by atoms with Crippen molar-refractivity contribution in [1.29, 1.82) is 0 Å². The van der Waals surface area contributed by atoms with Gasteiger partial charge in [0.25, 0.3) is 7.82 Å². The van der Waals surface area contributed by atoms with Crippen LogP contribution in [0.5, 0.6) is 0 Å². The number of allylic oxidation sites excluding steroid dienone is 8. The summed E-state index contributed by atoms with van der Waals surface area (Å²) in [5.41, 5.74) is 0. The first kappa shape index (κ1) is 60.6. The summed E-state index contributed by atoms with van der Waals surface area (Å²) >= 11 is 0. The molecule has 0 fully saturated rings. The first-order chi connectivity index (χ1) is 30.4. The summed E-state index contributed by atoms with van der Waals surface area (Å²) < 4.78 is 33.8. The second-order valence-corrected chi connectivity index (χ2v) is 19.6. The van der Waals surface area contributed by atoms with Crippen LogP contribution in [0, 0.1) is 0 Å². The van der Waals surface area contributed by atoms with E-state index < -0.39 is 32.5 Å². The number of carbonyl (C=O) groups excluding carboxylic acids is 3. The fourth-order valence-electron chi connectivity index (χ4n) is 6.84. The van der Waals surface area contributed by atoms with Crippen LogP contribution in [-0.2, 0) is 37.5 Å². The van der Waals surface area contributed by atoms with Crippen LogP contribution in [0.3, 0.4) is 0 Å². The Morgan fingerprint density at radius 2 is 1.02 bits per heavy atom. The Balaban J connectivity index is 4.40. The van der Waals surface area contributed by atoms with Crippen molar-refractivity contribution in [3.8, 4) is 0 Å². The molecule has 0 N–H and O–H groups in total. The minimum atomic E-state index is -4.68. The monoisotopic (exact) mass is 908 g/mol. The number of ketones is 1. The lowest BCUT2D eigenvalue weighted by Crippen LogP contribution is -2.37. The van der Waals surface area contributed by atoms with Crippen LogP contribution in [0.2, 0.25) is 0 Å². The standard InChI is InChI=1S/C52H94NO9P/c1-6-8-10-12-14-16-18-20-21-22-23-24-25-26-27-29-31-33-35-37-39-43-52(56)62-50(48-61-63(57,58)60-46-45-53(3,4)5)47-59-51(55)44-40-42-49(54)41-38-36-34-32-30-28-19-17-15-13-11-9-7-2/h15,17,28,30,34,36,38,41,50H,6-14,16,18-27,29,31-33,35,37,39-40,42-48H2,1-5H3/b17-15-,30-28-,36-34-,41-38+/t50-/m1/s1. The van der Waals surface area contributed by atoms with Gasteiger partial charge in [-0.15, -0.1) is 0 Å². The molecule has 0 aliphatic carbocycles. The zero-order chi connectivity index (χ0) is 46.5. The summed E-state index contributed by atoms with van der Waals surface area (Å²) in [6.07, 6.45) is 48.6. The van der Waals surface area contributed by atoms with Crippen molar-refractivity contribution in [3.05, 3.63) is 48.6 Å². The summed E-state index contributed by atoms with van der Waals surface area (Å²) in [7, 11) is 1.04. The second-order valence-electron chi connectivity index (χ2n) is 18.2. The van der Waals surface area contributed by atoms with E-state index in [1.165, 1.54) is 134 Å². The molecule has 63 heavy (non-hydrogen) atoms. The molecule has 0 aliphatic heterocycles. The first-order valence-electron chi connectivity index (χ1n) is 25.3. The molecule has 1 unspecified atom stereocenters. The largest absolute Gasteiger partial charge is 0.756 e. The normalized spacial score (nSPS) is 13.7. The minimum absolute atomic E-state index is 0.0115. The molecule has 0 bridgehead atoms. The SMILES string of the molecule is CCCCC/C=C\C/C=C\C/C=C\C=C\C(=O)CCCC(=O)OC[C@H](COP(=O)([O-])OCC[N+](C)(C)C)OC(=O)CCCCCCCCCCCCCCCCCCCCCCC. The van der Waals surface area contributed by atoms with Crippen molar-refractivity contribution < 1.29 is 46.8 Å². The van der Waals surface area contributed by atoms with E-state index in [2.05, 4.69) is 38.2 Å². The number of quaternary nitrogens is 1. The van der Waals surface area contributed by atoms with Crippen molar-refractivity contribution in [1.82, 2.24) is 0 Å². The quantitative estimate of drug-likeness (QED) is 0.0111. The van der Waals surface area contributed by atoms with Gasteiger partial charge in [-0.05, 0) is 44.6 Å². The highest BCUT2D eigenvalue weighted by Crippen LogP contribution is 2.38. The van der Waals surface area contributed by atoms with Gasteiger partial charge in [-0.3, -0.25) is 18.9 Å². The van der Waals surface area contributed by atoms with Crippen LogP contribution in [-0.4, -0.2) is 75.8 Å². The third-order valence-corrected chi connectivity index (χ3v) is 11.8. The molecule has 0 heterocycles. The van der Waals surface area contributed by atoms with E-state index in [4.69, 9.17) is 18.5 Å². The number of phosphoric ester groups is 1. The predicted molar refractivity (Wildman–Crippen MR) is 259 cm³/mol. The first-order valence-corrected chi connectivity index (χ1v) is 26.8. The number of hydrogen-bond donors (Lipinski definition) is 0. The highest BCUT2D eigenvalue weighted by atomic mass is 31.2.